The molecule has 5 rings (SSSR count). The maximum atomic E-state index is 13.2. The Morgan fingerprint density at radius 3 is 2.49 bits per heavy atom. The molecule has 0 aliphatic carbocycles. The van der Waals surface area contributed by atoms with E-state index in [-0.39, 0.29) is 11.8 Å². The number of methoxy groups -OCH3 is 2. The number of carbonyl (C=O) groups is 2. The Bertz CT molecular complexity index is 1470. The molecule has 0 atom stereocenters. The van der Waals surface area contributed by atoms with Crippen LogP contribution in [0.4, 0.5) is 5.69 Å². The Kier molecular flexibility index (Phi) is 7.81. The number of rotatable bonds is 8. The molecule has 0 spiro atoms. The molecule has 1 saturated heterocycles. The molecule has 2 aromatic heterocycles. The van der Waals surface area contributed by atoms with Crippen LogP contribution in [0.25, 0.3) is 5.65 Å². The van der Waals surface area contributed by atoms with Gasteiger partial charge in [0.2, 0.25) is 5.91 Å². The third-order valence-corrected chi connectivity index (χ3v) is 7.45. The molecule has 0 unspecified atom stereocenters. The van der Waals surface area contributed by atoms with Crippen LogP contribution in [0.5, 0.6) is 11.5 Å². The van der Waals surface area contributed by atoms with E-state index in [0.29, 0.717) is 43.3 Å². The number of aromatic nitrogens is 2. The lowest BCUT2D eigenvalue weighted by Gasteiger charge is -2.32. The number of ether oxygens (including phenoxy) is 2. The molecule has 1 aliphatic heterocycles. The molecule has 8 nitrogen and oxygen atoms in total. The van der Waals surface area contributed by atoms with E-state index in [4.69, 9.17) is 9.47 Å². The van der Waals surface area contributed by atoms with Gasteiger partial charge in [0, 0.05) is 37.5 Å². The maximum Gasteiger partial charge on any atom is 0.272 e. The summed E-state index contributed by atoms with van der Waals surface area (Å²) < 4.78 is 12.5. The van der Waals surface area contributed by atoms with Gasteiger partial charge in [0.05, 0.1) is 20.4 Å². The number of hydrogen-bond acceptors (Lipinski definition) is 5. The second-order valence-electron chi connectivity index (χ2n) is 9.99. The zero-order valence-corrected chi connectivity index (χ0v) is 22.6. The second-order valence-corrected chi connectivity index (χ2v) is 9.99. The van der Waals surface area contributed by atoms with Gasteiger partial charge in [0.25, 0.3) is 5.91 Å². The van der Waals surface area contributed by atoms with Gasteiger partial charge in [0.15, 0.2) is 0 Å². The van der Waals surface area contributed by atoms with Crippen molar-refractivity contribution in [3.8, 4) is 11.5 Å². The summed E-state index contributed by atoms with van der Waals surface area (Å²) in [6, 6.07) is 17.7. The lowest BCUT2D eigenvalue weighted by atomic mass is 9.89. The number of fused-ring (bicyclic) bond motifs is 1. The Morgan fingerprint density at radius 1 is 1.00 bits per heavy atom. The highest BCUT2D eigenvalue weighted by atomic mass is 16.5. The molecule has 0 radical (unpaired) electrons. The van der Waals surface area contributed by atoms with Crippen molar-refractivity contribution in [3.05, 3.63) is 89.4 Å². The summed E-state index contributed by atoms with van der Waals surface area (Å²) in [7, 11) is 3.23. The van der Waals surface area contributed by atoms with Gasteiger partial charge in [-0.15, -0.1) is 0 Å². The molecule has 1 aliphatic rings. The van der Waals surface area contributed by atoms with Crippen molar-refractivity contribution in [2.75, 3.05) is 32.6 Å². The van der Waals surface area contributed by atoms with Gasteiger partial charge in [-0.2, -0.15) is 0 Å². The molecule has 3 heterocycles. The van der Waals surface area contributed by atoms with Crippen LogP contribution in [-0.4, -0.2) is 53.4 Å². The number of pyridine rings is 1. The Balaban J connectivity index is 1.12. The number of hydrogen-bond donors (Lipinski definition) is 1. The van der Waals surface area contributed by atoms with Crippen LogP contribution in [0.1, 0.15) is 52.4 Å². The van der Waals surface area contributed by atoms with E-state index < -0.39 is 0 Å². The fraction of sp³-hybridized carbons (Fsp3) is 0.323. The molecule has 8 heteroatoms. The average molecular weight is 527 g/mol. The summed E-state index contributed by atoms with van der Waals surface area (Å²) >= 11 is 0. The number of nitrogens with zero attached hydrogens (tertiary/aromatic N) is 3. The molecule has 0 bridgehead atoms. The molecule has 202 valence electrons. The van der Waals surface area contributed by atoms with Gasteiger partial charge in [-0.25, -0.2) is 4.98 Å². The number of nitrogens with one attached hydrogen (secondary N) is 1. The normalized spacial score (nSPS) is 13.9. The van der Waals surface area contributed by atoms with Crippen molar-refractivity contribution in [1.82, 2.24) is 14.3 Å². The molecular weight excluding hydrogens is 492 g/mol. The molecule has 0 saturated carbocycles. The first-order valence-corrected chi connectivity index (χ1v) is 13.3. The number of likely N-dealkylation sites (tertiary alicyclic amines) is 1. The van der Waals surface area contributed by atoms with Crippen LogP contribution in [0.2, 0.25) is 0 Å². The van der Waals surface area contributed by atoms with E-state index >= 15 is 0 Å². The largest absolute Gasteiger partial charge is 0.497 e. The van der Waals surface area contributed by atoms with Crippen LogP contribution in [-0.2, 0) is 11.2 Å². The molecule has 1 N–H and O–H groups in total. The van der Waals surface area contributed by atoms with Crippen LogP contribution >= 0.6 is 0 Å². The summed E-state index contributed by atoms with van der Waals surface area (Å²) in [5, 5.41) is 2.99. The van der Waals surface area contributed by atoms with E-state index in [0.717, 1.165) is 41.1 Å². The smallest absolute Gasteiger partial charge is 0.272 e. The zero-order valence-electron chi connectivity index (χ0n) is 22.6. The molecular formula is C31H34N4O4. The molecule has 39 heavy (non-hydrogen) atoms. The Hall–Kier alpha value is -4.33. The molecule has 2 amide bonds. The van der Waals surface area contributed by atoms with E-state index in [1.54, 1.807) is 20.4 Å². The lowest BCUT2D eigenvalue weighted by Crippen LogP contribution is -2.38. The average Bonchev–Trinajstić information content (AvgIpc) is 3.39. The zero-order chi connectivity index (χ0) is 27.4. The third kappa shape index (κ3) is 5.90. The number of benzene rings is 2. The number of carbonyl (C=O) groups excluding carboxylic acids is 2. The Morgan fingerprint density at radius 2 is 1.77 bits per heavy atom. The summed E-state index contributed by atoms with van der Waals surface area (Å²) in [5.41, 5.74) is 5.49. The predicted molar refractivity (Wildman–Crippen MR) is 151 cm³/mol. The van der Waals surface area contributed by atoms with Crippen LogP contribution < -0.4 is 14.8 Å². The standard InChI is InChI=1S/C31H34N4O4/c1-21-12-17-35-27(20-32-29(35)18-21)31(37)34-15-13-23(14-16-34)22-4-8-25(9-5-22)33-30(36)11-7-24-6-10-26(38-2)19-28(24)39-3/h4-6,8-10,12,17-20,23H,7,11,13-16H2,1-3H3,(H,33,36). The molecule has 4 aromatic rings. The summed E-state index contributed by atoms with van der Waals surface area (Å²) in [5.74, 6) is 1.79. The first kappa shape index (κ1) is 26.3. The van der Waals surface area contributed by atoms with Crippen molar-refractivity contribution >= 4 is 23.1 Å². The van der Waals surface area contributed by atoms with E-state index in [9.17, 15) is 9.59 Å². The summed E-state index contributed by atoms with van der Waals surface area (Å²) in [4.78, 5) is 32.1. The van der Waals surface area contributed by atoms with Crippen LogP contribution in [0, 0.1) is 6.92 Å². The first-order valence-electron chi connectivity index (χ1n) is 13.3. The highest BCUT2D eigenvalue weighted by molar-refractivity contribution is 5.93. The minimum absolute atomic E-state index is 0.0233. The van der Waals surface area contributed by atoms with E-state index in [1.165, 1.54) is 5.56 Å². The van der Waals surface area contributed by atoms with Gasteiger partial charge in [0.1, 0.15) is 22.8 Å². The van der Waals surface area contributed by atoms with Crippen molar-refractivity contribution < 1.29 is 19.1 Å². The lowest BCUT2D eigenvalue weighted by molar-refractivity contribution is -0.116. The fourth-order valence-electron chi connectivity index (χ4n) is 5.19. The first-order chi connectivity index (χ1) is 18.9. The van der Waals surface area contributed by atoms with Gasteiger partial charge in [-0.1, -0.05) is 18.2 Å². The third-order valence-electron chi connectivity index (χ3n) is 7.45. The molecule has 2 aromatic carbocycles. The highest BCUT2D eigenvalue weighted by Gasteiger charge is 2.26. The second kappa shape index (κ2) is 11.6. The van der Waals surface area contributed by atoms with E-state index in [1.807, 2.05) is 64.9 Å². The van der Waals surface area contributed by atoms with Gasteiger partial charge < -0.3 is 19.7 Å². The maximum absolute atomic E-state index is 13.2. The minimum Gasteiger partial charge on any atom is -0.497 e. The fourth-order valence-corrected chi connectivity index (χ4v) is 5.19. The minimum atomic E-state index is -0.0463. The number of piperidine rings is 1. The predicted octanol–water partition coefficient (Wildman–Crippen LogP) is 5.25. The Labute approximate surface area is 228 Å². The van der Waals surface area contributed by atoms with E-state index in [2.05, 4.69) is 22.4 Å². The van der Waals surface area contributed by atoms with Crippen LogP contribution in [0.15, 0.2) is 67.0 Å². The van der Waals surface area contributed by atoms with Crippen molar-refractivity contribution in [2.45, 2.75) is 38.5 Å². The van der Waals surface area contributed by atoms with Crippen molar-refractivity contribution in [2.24, 2.45) is 0 Å². The monoisotopic (exact) mass is 526 g/mol. The quantitative estimate of drug-likeness (QED) is 0.339. The summed E-state index contributed by atoms with van der Waals surface area (Å²) in [6.45, 7) is 3.43. The van der Waals surface area contributed by atoms with Crippen molar-refractivity contribution in [3.63, 3.8) is 0 Å². The van der Waals surface area contributed by atoms with Gasteiger partial charge in [-0.3, -0.25) is 14.0 Å². The van der Waals surface area contributed by atoms with Gasteiger partial charge >= 0.3 is 0 Å². The summed E-state index contributed by atoms with van der Waals surface area (Å²) in [6.07, 6.45) is 6.30. The topological polar surface area (TPSA) is 85.2 Å². The molecule has 1 fully saturated rings. The van der Waals surface area contributed by atoms with Crippen molar-refractivity contribution in [1.29, 1.82) is 0 Å². The number of anilines is 1. The number of amides is 2. The number of aryl methyl sites for hydroxylation is 2. The number of imidazole rings is 1. The SMILES string of the molecule is COc1ccc(CCC(=O)Nc2ccc(C3CCN(C(=O)c4cnc5cc(C)ccn45)CC3)cc2)c(OC)c1. The highest BCUT2D eigenvalue weighted by Crippen LogP contribution is 2.30. The van der Waals surface area contributed by atoms with Crippen LogP contribution in [0.3, 0.4) is 0 Å². The van der Waals surface area contributed by atoms with Gasteiger partial charge in [-0.05, 0) is 79.1 Å².